The number of hydrogen-bond donors (Lipinski definition) is 1. The number of hydrogen-bond acceptors (Lipinski definition) is 4. The molecule has 6 heteroatoms. The number of primary amides is 1. The van der Waals surface area contributed by atoms with Gasteiger partial charge in [0.15, 0.2) is 0 Å². The third-order valence-electron chi connectivity index (χ3n) is 5.03. The van der Waals surface area contributed by atoms with Gasteiger partial charge in [-0.05, 0) is 45.1 Å². The summed E-state index contributed by atoms with van der Waals surface area (Å²) in [5.41, 5.74) is 6.98. The topological polar surface area (TPSA) is 92.8 Å². The van der Waals surface area contributed by atoms with Crippen molar-refractivity contribution in [3.05, 3.63) is 35.4 Å². The Kier molecular flexibility index (Phi) is 4.94. The van der Waals surface area contributed by atoms with Gasteiger partial charge in [-0.2, -0.15) is 0 Å². The second-order valence-corrected chi connectivity index (χ2v) is 7.69. The van der Waals surface area contributed by atoms with Crippen molar-refractivity contribution in [3.63, 3.8) is 0 Å². The third-order valence-corrected chi connectivity index (χ3v) is 5.03. The number of carbonyl (C=O) groups is 3. The minimum atomic E-state index is -1.26. The summed E-state index contributed by atoms with van der Waals surface area (Å²) < 4.78 is 0. The molecule has 0 spiro atoms. The largest absolute Gasteiger partial charge is 0.363 e. The number of piperidine rings is 1. The fourth-order valence-electron chi connectivity index (χ4n) is 3.83. The fourth-order valence-corrected chi connectivity index (χ4v) is 3.83. The molecule has 3 rings (SSSR count). The average Bonchev–Trinajstić information content (AvgIpc) is 2.61. The molecule has 0 aromatic heterocycles. The van der Waals surface area contributed by atoms with E-state index in [4.69, 9.17) is 10.7 Å². The normalized spacial score (nSPS) is 19.9. The summed E-state index contributed by atoms with van der Waals surface area (Å²) in [6.45, 7) is 5.11. The summed E-state index contributed by atoms with van der Waals surface area (Å²) in [4.78, 5) is 43.9. The molecule has 6 nitrogen and oxygen atoms in total. The van der Waals surface area contributed by atoms with Crippen LogP contribution in [-0.4, -0.2) is 46.8 Å². The number of nitrogens with two attached hydrogens (primary N) is 1. The molecule has 1 atom stereocenters. The smallest absolute Gasteiger partial charge is 0.286 e. The number of benzene rings is 1. The number of Topliss-reactive ketones (excluding diaryl/α,β-unsaturated/α-hetero) is 1. The molecule has 2 aliphatic rings. The number of likely N-dealkylation sites (tertiary alicyclic amines) is 1. The van der Waals surface area contributed by atoms with Crippen LogP contribution in [0.25, 0.3) is 0 Å². The van der Waals surface area contributed by atoms with Crippen molar-refractivity contribution in [2.75, 3.05) is 13.1 Å². The summed E-state index contributed by atoms with van der Waals surface area (Å²) in [5, 5.41) is 0. The van der Waals surface area contributed by atoms with E-state index in [0.29, 0.717) is 25.2 Å². The van der Waals surface area contributed by atoms with Crippen molar-refractivity contribution in [2.24, 2.45) is 16.6 Å². The van der Waals surface area contributed by atoms with Crippen LogP contribution in [0.15, 0.2) is 29.3 Å². The number of nitrogens with zero attached hydrogens (tertiary/aromatic N) is 2. The standard InChI is InChI=1S/C20H25N3O3/c1-20(2)12-13-8-4-5-9-14(13)16(22-20)15(17(24)18(21)25)19(26)23-10-6-3-7-11-23/h4-5,8-9,15H,3,6-7,10-12H2,1-2H3,(H2,21,25). The van der Waals surface area contributed by atoms with E-state index in [2.05, 4.69) is 0 Å². The fraction of sp³-hybridized carbons (Fsp3) is 0.500. The summed E-state index contributed by atoms with van der Waals surface area (Å²) in [6.07, 6.45) is 3.58. The third kappa shape index (κ3) is 3.54. The zero-order chi connectivity index (χ0) is 18.9. The molecule has 0 bridgehead atoms. The Morgan fingerprint density at radius 3 is 2.42 bits per heavy atom. The van der Waals surface area contributed by atoms with Crippen molar-refractivity contribution in [1.29, 1.82) is 0 Å². The van der Waals surface area contributed by atoms with Crippen molar-refractivity contribution < 1.29 is 14.4 Å². The van der Waals surface area contributed by atoms with Crippen LogP contribution in [0.3, 0.4) is 0 Å². The second-order valence-electron chi connectivity index (χ2n) is 7.69. The molecule has 2 aliphatic heterocycles. The highest BCUT2D eigenvalue weighted by Gasteiger charge is 2.41. The Morgan fingerprint density at radius 1 is 1.12 bits per heavy atom. The van der Waals surface area contributed by atoms with E-state index in [0.717, 1.165) is 30.4 Å². The van der Waals surface area contributed by atoms with E-state index >= 15 is 0 Å². The maximum Gasteiger partial charge on any atom is 0.286 e. The first-order valence-electron chi connectivity index (χ1n) is 9.10. The van der Waals surface area contributed by atoms with Gasteiger partial charge < -0.3 is 10.6 Å². The number of rotatable bonds is 4. The lowest BCUT2D eigenvalue weighted by atomic mass is 9.81. The van der Waals surface area contributed by atoms with Crippen LogP contribution in [0.4, 0.5) is 0 Å². The Labute approximate surface area is 153 Å². The van der Waals surface area contributed by atoms with Crippen LogP contribution >= 0.6 is 0 Å². The number of aliphatic imine (C=N–C) groups is 1. The van der Waals surface area contributed by atoms with Crippen LogP contribution in [-0.2, 0) is 20.8 Å². The lowest BCUT2D eigenvalue weighted by molar-refractivity contribution is -0.144. The SMILES string of the molecule is CC1(C)Cc2ccccc2C(C(C(=O)C(N)=O)C(=O)N2CCCCC2)=N1. The number of amides is 2. The van der Waals surface area contributed by atoms with Crippen molar-refractivity contribution in [2.45, 2.75) is 45.1 Å². The van der Waals surface area contributed by atoms with E-state index in [1.165, 1.54) is 0 Å². The lowest BCUT2D eigenvalue weighted by Gasteiger charge is -2.34. The highest BCUT2D eigenvalue weighted by atomic mass is 16.2. The minimum absolute atomic E-state index is 0.361. The highest BCUT2D eigenvalue weighted by Crippen LogP contribution is 2.30. The molecule has 2 amide bonds. The van der Waals surface area contributed by atoms with Crippen molar-refractivity contribution in [3.8, 4) is 0 Å². The monoisotopic (exact) mass is 355 g/mol. The molecule has 0 aliphatic carbocycles. The van der Waals surface area contributed by atoms with Gasteiger partial charge in [-0.3, -0.25) is 19.4 Å². The Hall–Kier alpha value is -2.50. The molecule has 2 N–H and O–H groups in total. The van der Waals surface area contributed by atoms with E-state index < -0.39 is 23.1 Å². The number of fused-ring (bicyclic) bond motifs is 1. The van der Waals surface area contributed by atoms with Gasteiger partial charge in [0.25, 0.3) is 5.91 Å². The summed E-state index contributed by atoms with van der Waals surface area (Å²) in [5.74, 6) is -3.60. The van der Waals surface area contributed by atoms with Crippen molar-refractivity contribution in [1.82, 2.24) is 4.90 Å². The quantitative estimate of drug-likeness (QED) is 0.655. The zero-order valence-corrected chi connectivity index (χ0v) is 15.3. The van der Waals surface area contributed by atoms with Gasteiger partial charge in [-0.25, -0.2) is 0 Å². The number of ketones is 1. The molecule has 138 valence electrons. The van der Waals surface area contributed by atoms with Gasteiger partial charge in [-0.1, -0.05) is 24.3 Å². The molecule has 1 aromatic rings. The first kappa shape index (κ1) is 18.3. The van der Waals surface area contributed by atoms with Gasteiger partial charge in [0.05, 0.1) is 11.3 Å². The van der Waals surface area contributed by atoms with E-state index in [-0.39, 0.29) is 5.91 Å². The van der Waals surface area contributed by atoms with E-state index in [1.807, 2.05) is 38.1 Å². The van der Waals surface area contributed by atoms with Crippen LogP contribution in [0, 0.1) is 5.92 Å². The van der Waals surface area contributed by atoms with Gasteiger partial charge in [0.2, 0.25) is 11.7 Å². The molecule has 1 saturated heterocycles. The molecule has 0 saturated carbocycles. The molecule has 1 fully saturated rings. The van der Waals surface area contributed by atoms with E-state index in [1.54, 1.807) is 4.90 Å². The maximum atomic E-state index is 13.2. The molecular formula is C20H25N3O3. The number of carbonyl (C=O) groups excluding carboxylic acids is 3. The van der Waals surface area contributed by atoms with Crippen LogP contribution in [0.5, 0.6) is 0 Å². The zero-order valence-electron chi connectivity index (χ0n) is 15.3. The van der Waals surface area contributed by atoms with Crippen LogP contribution in [0.2, 0.25) is 0 Å². The first-order valence-corrected chi connectivity index (χ1v) is 9.10. The summed E-state index contributed by atoms with van der Waals surface area (Å²) >= 11 is 0. The first-order chi connectivity index (χ1) is 12.3. The molecule has 1 aromatic carbocycles. The molecule has 26 heavy (non-hydrogen) atoms. The van der Waals surface area contributed by atoms with Gasteiger partial charge in [0, 0.05) is 18.7 Å². The maximum absolute atomic E-state index is 13.2. The Bertz CT molecular complexity index is 776. The Balaban J connectivity index is 2.08. The summed E-state index contributed by atoms with van der Waals surface area (Å²) in [7, 11) is 0. The van der Waals surface area contributed by atoms with Crippen LogP contribution < -0.4 is 5.73 Å². The predicted octanol–water partition coefficient (Wildman–Crippen LogP) is 1.49. The molecule has 0 radical (unpaired) electrons. The van der Waals surface area contributed by atoms with Crippen LogP contribution in [0.1, 0.15) is 44.2 Å². The average molecular weight is 355 g/mol. The van der Waals surface area contributed by atoms with Crippen molar-refractivity contribution >= 4 is 23.3 Å². The molecule has 2 heterocycles. The second kappa shape index (κ2) is 7.02. The van der Waals surface area contributed by atoms with Gasteiger partial charge in [-0.15, -0.1) is 0 Å². The van der Waals surface area contributed by atoms with E-state index in [9.17, 15) is 14.4 Å². The highest BCUT2D eigenvalue weighted by molar-refractivity contribution is 6.46. The Morgan fingerprint density at radius 2 is 1.77 bits per heavy atom. The van der Waals surface area contributed by atoms with Gasteiger partial charge in [0.1, 0.15) is 5.92 Å². The molecule has 1 unspecified atom stereocenters. The summed E-state index contributed by atoms with van der Waals surface area (Å²) in [6, 6.07) is 7.61. The predicted molar refractivity (Wildman–Crippen MR) is 98.9 cm³/mol. The minimum Gasteiger partial charge on any atom is -0.363 e. The van der Waals surface area contributed by atoms with Gasteiger partial charge >= 0.3 is 0 Å². The lowest BCUT2D eigenvalue weighted by Crippen LogP contribution is -2.50. The molecular weight excluding hydrogens is 330 g/mol.